The first kappa shape index (κ1) is 56.8. The molecule has 0 saturated carbocycles. The molecular weight excluding hydrogens is 953 g/mol. The lowest BCUT2D eigenvalue weighted by Crippen LogP contribution is -2.51. The van der Waals surface area contributed by atoms with E-state index in [0.29, 0.717) is 39.8 Å². The first-order chi connectivity index (χ1) is 34.7. The lowest BCUT2D eigenvalue weighted by atomic mass is 9.88. The fourth-order valence-electron chi connectivity index (χ4n) is 9.56. The van der Waals surface area contributed by atoms with Gasteiger partial charge >= 0.3 is 12.1 Å². The van der Waals surface area contributed by atoms with Gasteiger partial charge < -0.3 is 43.2 Å². The molecule has 16 heteroatoms. The van der Waals surface area contributed by atoms with Crippen LogP contribution in [0.3, 0.4) is 0 Å². The first-order valence-electron chi connectivity index (χ1n) is 26.3. The van der Waals surface area contributed by atoms with Crippen LogP contribution in [0.5, 0.6) is 0 Å². The minimum absolute atomic E-state index is 0.00372. The molecule has 4 aromatic rings. The number of rotatable bonds is 21. The molecule has 0 aliphatic carbocycles. The molecule has 396 valence electrons. The average molecular weight is 1040 g/mol. The summed E-state index contributed by atoms with van der Waals surface area (Å²) >= 11 is 0. The molecule has 0 bridgehead atoms. The molecule has 0 spiro atoms. The number of imidazole rings is 1. The molecule has 14 nitrogen and oxygen atoms in total. The summed E-state index contributed by atoms with van der Waals surface area (Å²) in [7, 11) is 0.0392. The van der Waals surface area contributed by atoms with Crippen LogP contribution in [0.25, 0.3) is 22.4 Å². The number of benzene rings is 2. The van der Waals surface area contributed by atoms with Crippen LogP contribution < -0.4 is 5.32 Å². The van der Waals surface area contributed by atoms with Gasteiger partial charge in [0.15, 0.2) is 0 Å². The topological polar surface area (TPSA) is 146 Å². The van der Waals surface area contributed by atoms with Crippen molar-refractivity contribution >= 4 is 40.0 Å². The number of hydrogen-bond acceptors (Lipinski definition) is 9. The van der Waals surface area contributed by atoms with Gasteiger partial charge in [0.05, 0.1) is 50.5 Å². The van der Waals surface area contributed by atoms with Gasteiger partial charge in [-0.15, -0.1) is 0 Å². The van der Waals surface area contributed by atoms with Crippen LogP contribution in [0.15, 0.2) is 67.0 Å². The molecule has 4 heterocycles. The van der Waals surface area contributed by atoms with Crippen molar-refractivity contribution in [1.29, 1.82) is 0 Å². The van der Waals surface area contributed by atoms with E-state index in [4.69, 9.17) is 23.9 Å². The highest BCUT2D eigenvalue weighted by molar-refractivity contribution is 6.76. The van der Waals surface area contributed by atoms with Crippen LogP contribution in [0.1, 0.15) is 101 Å². The van der Waals surface area contributed by atoms with Gasteiger partial charge in [-0.25, -0.2) is 9.78 Å². The van der Waals surface area contributed by atoms with Crippen LogP contribution in [0.2, 0.25) is 51.4 Å². The molecule has 2 aliphatic rings. The third-order valence-electron chi connectivity index (χ3n) is 14.1. The lowest BCUT2D eigenvalue weighted by Gasteiger charge is -2.39. The predicted molar refractivity (Wildman–Crippen MR) is 293 cm³/mol. The second-order valence-electron chi connectivity index (χ2n) is 22.9. The number of carbonyl (C=O) groups is 4. The fourth-order valence-corrected chi connectivity index (χ4v) is 11.1. The Morgan fingerprint density at radius 3 is 1.85 bits per heavy atom. The van der Waals surface area contributed by atoms with E-state index in [1.54, 1.807) is 0 Å². The molecule has 3 amide bonds. The third kappa shape index (κ3) is 15.5. The Morgan fingerprint density at radius 1 is 0.699 bits per heavy atom. The van der Waals surface area contributed by atoms with Crippen LogP contribution >= 0.6 is 0 Å². The van der Waals surface area contributed by atoms with Crippen molar-refractivity contribution in [3.63, 3.8) is 0 Å². The molecular formula is C57H82N6O8Si2. The number of hydrogen-bond donors (Lipinski definition) is 1. The first-order valence-corrected chi connectivity index (χ1v) is 33.8. The predicted octanol–water partition coefficient (Wildman–Crippen LogP) is 11.0. The van der Waals surface area contributed by atoms with Crippen molar-refractivity contribution in [3.8, 4) is 34.2 Å². The smallest absolute Gasteiger partial charge is 0.407 e. The Bertz CT molecular complexity index is 2550. The van der Waals surface area contributed by atoms with E-state index >= 15 is 0 Å². The zero-order valence-corrected chi connectivity index (χ0v) is 47.7. The number of carbonyl (C=O) groups excluding carboxylic acids is 4. The van der Waals surface area contributed by atoms with Crippen molar-refractivity contribution in [2.75, 3.05) is 40.5 Å². The van der Waals surface area contributed by atoms with E-state index < -0.39 is 34.2 Å². The fraction of sp³-hybridized carbons (Fsp3) is 0.561. The minimum Gasteiger partial charge on any atom is -0.469 e. The van der Waals surface area contributed by atoms with Gasteiger partial charge in [-0.2, -0.15) is 0 Å². The summed E-state index contributed by atoms with van der Waals surface area (Å²) in [6.07, 6.45) is 7.77. The van der Waals surface area contributed by atoms with E-state index in [-0.39, 0.29) is 48.1 Å². The molecule has 4 atom stereocenters. The van der Waals surface area contributed by atoms with Crippen LogP contribution in [0, 0.1) is 29.6 Å². The highest BCUT2D eigenvalue weighted by Gasteiger charge is 2.39. The summed E-state index contributed by atoms with van der Waals surface area (Å²) in [4.78, 5) is 61.8. The van der Waals surface area contributed by atoms with Crippen LogP contribution in [-0.4, -0.2) is 111 Å². The van der Waals surface area contributed by atoms with E-state index in [0.717, 1.165) is 89.2 Å². The van der Waals surface area contributed by atoms with Gasteiger partial charge in [0, 0.05) is 65.5 Å². The number of nitrogens with zero attached hydrogens (tertiary/aromatic N) is 5. The monoisotopic (exact) mass is 1030 g/mol. The van der Waals surface area contributed by atoms with Gasteiger partial charge in [-0.05, 0) is 103 Å². The van der Waals surface area contributed by atoms with E-state index in [2.05, 4.69) is 102 Å². The molecule has 0 unspecified atom stereocenters. The van der Waals surface area contributed by atoms with Crippen molar-refractivity contribution in [1.82, 2.24) is 29.2 Å². The highest BCUT2D eigenvalue weighted by Crippen LogP contribution is 2.38. The van der Waals surface area contributed by atoms with Gasteiger partial charge in [-0.1, -0.05) is 103 Å². The maximum atomic E-state index is 14.3. The van der Waals surface area contributed by atoms with Gasteiger partial charge in [-0.3, -0.25) is 14.4 Å². The number of alkyl carbamates (subject to hydrolysis) is 1. The molecule has 2 saturated heterocycles. The lowest BCUT2D eigenvalue weighted by molar-refractivity contribution is -0.150. The molecule has 0 radical (unpaired) electrons. The number of ether oxygens (including phenoxy) is 4. The summed E-state index contributed by atoms with van der Waals surface area (Å²) in [6, 6.07) is 19.6. The molecule has 2 aliphatic heterocycles. The Hall–Kier alpha value is -5.48. The van der Waals surface area contributed by atoms with Crippen molar-refractivity contribution in [2.45, 2.75) is 149 Å². The summed E-state index contributed by atoms with van der Waals surface area (Å²) in [5, 5.41) is 2.75. The summed E-state index contributed by atoms with van der Waals surface area (Å²) in [6.45, 7) is 25.1. The largest absolute Gasteiger partial charge is 0.469 e. The highest BCUT2D eigenvalue weighted by atomic mass is 28.3. The number of nitrogens with one attached hydrogen (secondary N) is 1. The van der Waals surface area contributed by atoms with Gasteiger partial charge in [0.1, 0.15) is 25.3 Å². The second-order valence-corrected chi connectivity index (χ2v) is 34.1. The molecule has 6 rings (SSSR count). The number of piperidine rings is 1. The standard InChI is InChI=1S/C57H82N6O8Si2/c1-40(2)47(35-52(64)68-5)55(65)61-28-14-13-16-48(61)50-34-46(37-60(50)38-70-30-32-72(7,8)9)44-24-20-42(21-25-44)18-19-43-22-26-45(27-23-43)51-36-58-54(63(51)39-71-31-33-73(10,11)12)49-17-15-29-62(49)56(66)53(41(3)4)59-57(67)69-6/h20-27,34,36-37,40-41,47-49,53H,13-17,28-33,35,38-39H2,1-12H3,(H,59,67)/t47-,48-,49-,53-/m0/s1. The number of esters is 1. The van der Waals surface area contributed by atoms with Crippen molar-refractivity contribution in [2.24, 2.45) is 17.8 Å². The molecule has 2 aromatic carbocycles. The second kappa shape index (κ2) is 25.6. The Labute approximate surface area is 436 Å². The van der Waals surface area contributed by atoms with E-state index in [1.165, 1.54) is 14.2 Å². The maximum Gasteiger partial charge on any atom is 0.407 e. The van der Waals surface area contributed by atoms with Gasteiger partial charge in [0.2, 0.25) is 11.8 Å². The number of likely N-dealkylation sites (tertiary alicyclic amines) is 2. The zero-order chi connectivity index (χ0) is 53.0. The normalized spacial score (nSPS) is 17.1. The summed E-state index contributed by atoms with van der Waals surface area (Å²) < 4.78 is 26.8. The zero-order valence-electron chi connectivity index (χ0n) is 45.7. The van der Waals surface area contributed by atoms with E-state index in [1.807, 2.05) is 68.0 Å². The van der Waals surface area contributed by atoms with Gasteiger partial charge in [0.25, 0.3) is 0 Å². The SMILES string of the molecule is COC(=O)C[C@H](C(=O)N1CCCC[C@H]1c1cc(-c2ccc(C#Cc3ccc(-c4cnc([C@@H]5CCCN5C(=O)[C@@H](NC(=O)OC)C(C)C)n4COCC[Si](C)(C)C)cc3)cc2)cn1COCC[Si](C)(C)C)C(C)C. The summed E-state index contributed by atoms with van der Waals surface area (Å²) in [5.41, 5.74) is 6.72. The third-order valence-corrected chi connectivity index (χ3v) is 17.5. The van der Waals surface area contributed by atoms with Crippen LogP contribution in [0.4, 0.5) is 4.79 Å². The average Bonchev–Trinajstić information content (AvgIpc) is 4.13. The van der Waals surface area contributed by atoms with E-state index in [9.17, 15) is 19.2 Å². The number of methoxy groups -OCH3 is 2. The Morgan fingerprint density at radius 2 is 1.27 bits per heavy atom. The molecule has 2 aromatic heterocycles. The minimum atomic E-state index is -1.34. The quantitative estimate of drug-likeness (QED) is 0.0373. The Kier molecular flexibility index (Phi) is 20.0. The summed E-state index contributed by atoms with van der Waals surface area (Å²) in [5.74, 6) is 6.36. The van der Waals surface area contributed by atoms with Crippen LogP contribution in [-0.2, 0) is 46.8 Å². The molecule has 1 N–H and O–H groups in total. The molecule has 2 fully saturated rings. The molecule has 73 heavy (non-hydrogen) atoms. The van der Waals surface area contributed by atoms with Crippen molar-refractivity contribution < 1.29 is 38.1 Å². The Balaban J connectivity index is 1.22. The number of amides is 3. The number of aromatic nitrogens is 3. The maximum absolute atomic E-state index is 14.3. The van der Waals surface area contributed by atoms with Crippen molar-refractivity contribution in [3.05, 3.63) is 89.6 Å².